The van der Waals surface area contributed by atoms with Gasteiger partial charge in [-0.25, -0.2) is 9.78 Å². The second-order valence-electron chi connectivity index (χ2n) is 5.87. The van der Waals surface area contributed by atoms with Crippen molar-refractivity contribution in [2.24, 2.45) is 7.05 Å². The molecule has 3 heterocycles. The summed E-state index contributed by atoms with van der Waals surface area (Å²) in [6, 6.07) is 12.1. The molecule has 0 spiro atoms. The average molecular weight is 349 g/mol. The Morgan fingerprint density at radius 3 is 2.77 bits per heavy atom. The lowest BCUT2D eigenvalue weighted by atomic mass is 10.1. The van der Waals surface area contributed by atoms with E-state index in [0.29, 0.717) is 39.5 Å². The van der Waals surface area contributed by atoms with Crippen LogP contribution in [0.15, 0.2) is 62.4 Å². The number of aryl methyl sites for hydroxylation is 2. The van der Waals surface area contributed by atoms with Crippen LogP contribution in [0.1, 0.15) is 16.1 Å². The van der Waals surface area contributed by atoms with Gasteiger partial charge in [-0.2, -0.15) is 0 Å². The molecule has 0 aliphatic carbocycles. The Balaban J connectivity index is 1.61. The Morgan fingerprint density at radius 1 is 1.19 bits per heavy atom. The molecule has 7 heteroatoms. The number of nitrogens with one attached hydrogen (secondary N) is 1. The molecule has 26 heavy (non-hydrogen) atoms. The summed E-state index contributed by atoms with van der Waals surface area (Å²) in [4.78, 5) is 28.6. The maximum atomic E-state index is 12.6. The Morgan fingerprint density at radius 2 is 2.04 bits per heavy atom. The molecule has 0 saturated heterocycles. The van der Waals surface area contributed by atoms with E-state index in [2.05, 4.69) is 10.3 Å². The van der Waals surface area contributed by atoms with Crippen LogP contribution in [0.2, 0.25) is 0 Å². The monoisotopic (exact) mass is 349 g/mol. The minimum Gasteiger partial charge on any atom is -0.463 e. The predicted octanol–water partition coefficient (Wildman–Crippen LogP) is 3.35. The van der Waals surface area contributed by atoms with Gasteiger partial charge >= 0.3 is 5.76 Å². The molecular formula is C19H15N3O4. The number of amides is 1. The highest BCUT2D eigenvalue weighted by atomic mass is 16.4. The third-order valence-electron chi connectivity index (χ3n) is 4.15. The van der Waals surface area contributed by atoms with E-state index in [1.54, 1.807) is 56.6 Å². The van der Waals surface area contributed by atoms with Crippen LogP contribution < -0.4 is 11.1 Å². The molecule has 0 radical (unpaired) electrons. The first-order valence-electron chi connectivity index (χ1n) is 7.95. The zero-order chi connectivity index (χ0) is 18.3. The highest BCUT2D eigenvalue weighted by Gasteiger charge is 2.14. The molecule has 130 valence electrons. The molecule has 0 atom stereocenters. The molecular weight excluding hydrogens is 334 g/mol. The lowest BCUT2D eigenvalue weighted by Crippen LogP contribution is -2.14. The van der Waals surface area contributed by atoms with E-state index in [4.69, 9.17) is 8.83 Å². The van der Waals surface area contributed by atoms with E-state index >= 15 is 0 Å². The molecule has 3 aromatic heterocycles. The molecule has 0 aliphatic heterocycles. The maximum Gasteiger partial charge on any atom is 0.419 e. The minimum absolute atomic E-state index is 0.293. The summed E-state index contributed by atoms with van der Waals surface area (Å²) in [5.41, 5.74) is 3.31. The molecule has 0 aliphatic rings. The van der Waals surface area contributed by atoms with Crippen LogP contribution in [0.4, 0.5) is 5.69 Å². The van der Waals surface area contributed by atoms with Gasteiger partial charge in [0.1, 0.15) is 5.69 Å². The van der Waals surface area contributed by atoms with Gasteiger partial charge in [0, 0.05) is 18.8 Å². The molecule has 0 bridgehead atoms. The highest BCUT2D eigenvalue weighted by molar-refractivity contribution is 6.05. The van der Waals surface area contributed by atoms with E-state index in [1.807, 2.05) is 6.07 Å². The second kappa shape index (κ2) is 6.03. The summed E-state index contributed by atoms with van der Waals surface area (Å²) in [7, 11) is 1.63. The summed E-state index contributed by atoms with van der Waals surface area (Å²) in [5.74, 6) is -0.0970. The van der Waals surface area contributed by atoms with E-state index in [0.717, 1.165) is 0 Å². The third-order valence-corrected chi connectivity index (χ3v) is 4.15. The van der Waals surface area contributed by atoms with Crippen LogP contribution in [0.3, 0.4) is 0 Å². The van der Waals surface area contributed by atoms with Crippen LogP contribution >= 0.6 is 0 Å². The molecule has 0 fully saturated rings. The van der Waals surface area contributed by atoms with Crippen LogP contribution in [0.5, 0.6) is 0 Å². The molecule has 1 amide bonds. The van der Waals surface area contributed by atoms with Crippen molar-refractivity contribution in [1.82, 2.24) is 9.55 Å². The van der Waals surface area contributed by atoms with E-state index in [1.165, 1.54) is 4.57 Å². The van der Waals surface area contributed by atoms with Crippen molar-refractivity contribution in [3.05, 3.63) is 70.5 Å². The van der Waals surface area contributed by atoms with Crippen LogP contribution in [-0.4, -0.2) is 15.5 Å². The SMILES string of the molecule is Cc1nc(-c2ccco2)ccc1C(=O)Nc1ccc2c(c1)oc(=O)n2C. The Bertz CT molecular complexity index is 1170. The van der Waals surface area contributed by atoms with Crippen LogP contribution in [0.25, 0.3) is 22.6 Å². The smallest absolute Gasteiger partial charge is 0.419 e. The van der Waals surface area contributed by atoms with Crippen molar-refractivity contribution in [1.29, 1.82) is 0 Å². The Kier molecular flexibility index (Phi) is 3.69. The van der Waals surface area contributed by atoms with Crippen molar-refractivity contribution in [3.63, 3.8) is 0 Å². The van der Waals surface area contributed by atoms with Crippen molar-refractivity contribution >= 4 is 22.7 Å². The van der Waals surface area contributed by atoms with Crippen molar-refractivity contribution in [2.75, 3.05) is 5.32 Å². The lowest BCUT2D eigenvalue weighted by molar-refractivity contribution is 0.102. The largest absolute Gasteiger partial charge is 0.463 e. The number of hydrogen-bond acceptors (Lipinski definition) is 5. The van der Waals surface area contributed by atoms with Gasteiger partial charge < -0.3 is 14.2 Å². The number of aromatic nitrogens is 2. The molecule has 0 saturated carbocycles. The van der Waals surface area contributed by atoms with E-state index in [9.17, 15) is 9.59 Å². The third kappa shape index (κ3) is 2.69. The van der Waals surface area contributed by atoms with Crippen molar-refractivity contribution in [2.45, 2.75) is 6.92 Å². The van der Waals surface area contributed by atoms with Crippen LogP contribution in [-0.2, 0) is 7.05 Å². The summed E-state index contributed by atoms with van der Waals surface area (Å²) in [6.07, 6.45) is 1.57. The van der Waals surface area contributed by atoms with Gasteiger partial charge in [0.05, 0.1) is 23.0 Å². The Hall–Kier alpha value is -3.61. The number of oxazole rings is 1. The van der Waals surface area contributed by atoms with Gasteiger partial charge in [0.15, 0.2) is 11.3 Å². The minimum atomic E-state index is -0.447. The van der Waals surface area contributed by atoms with Crippen LogP contribution in [0, 0.1) is 6.92 Å². The maximum absolute atomic E-state index is 12.6. The topological polar surface area (TPSA) is 90.3 Å². The van der Waals surface area contributed by atoms with E-state index in [-0.39, 0.29) is 5.91 Å². The number of rotatable bonds is 3. The standard InChI is InChI=1S/C19H15N3O4/c1-11-13(6-7-14(20-11)16-4-3-9-25-16)18(23)21-12-5-8-15-17(10-12)26-19(24)22(15)2/h3-10H,1-2H3,(H,21,23). The van der Waals surface area contributed by atoms with Gasteiger partial charge in [0.2, 0.25) is 0 Å². The lowest BCUT2D eigenvalue weighted by Gasteiger charge is -2.08. The zero-order valence-electron chi connectivity index (χ0n) is 14.1. The summed E-state index contributed by atoms with van der Waals surface area (Å²) in [6.45, 7) is 1.76. The molecule has 4 rings (SSSR count). The fourth-order valence-electron chi connectivity index (χ4n) is 2.77. The van der Waals surface area contributed by atoms with Crippen molar-refractivity contribution < 1.29 is 13.6 Å². The number of fused-ring (bicyclic) bond motifs is 1. The summed E-state index contributed by atoms with van der Waals surface area (Å²) in [5, 5.41) is 2.80. The average Bonchev–Trinajstić information content (AvgIpc) is 3.24. The fourth-order valence-corrected chi connectivity index (χ4v) is 2.77. The molecule has 0 unspecified atom stereocenters. The number of furan rings is 1. The first-order valence-corrected chi connectivity index (χ1v) is 7.95. The highest BCUT2D eigenvalue weighted by Crippen LogP contribution is 2.21. The number of pyridine rings is 1. The first-order chi connectivity index (χ1) is 12.5. The van der Waals surface area contributed by atoms with Gasteiger partial charge in [-0.05, 0) is 43.3 Å². The quantitative estimate of drug-likeness (QED) is 0.612. The van der Waals surface area contributed by atoms with E-state index < -0.39 is 5.76 Å². The zero-order valence-corrected chi connectivity index (χ0v) is 14.1. The Labute approximate surface area is 147 Å². The number of hydrogen-bond donors (Lipinski definition) is 1. The van der Waals surface area contributed by atoms with Gasteiger partial charge in [-0.3, -0.25) is 9.36 Å². The molecule has 7 nitrogen and oxygen atoms in total. The number of nitrogens with zero attached hydrogens (tertiary/aromatic N) is 2. The molecule has 1 aromatic carbocycles. The predicted molar refractivity (Wildman–Crippen MR) is 96.1 cm³/mol. The van der Waals surface area contributed by atoms with Gasteiger partial charge in [-0.1, -0.05) is 0 Å². The van der Waals surface area contributed by atoms with Crippen molar-refractivity contribution in [3.8, 4) is 11.5 Å². The van der Waals surface area contributed by atoms with Gasteiger partial charge in [0.25, 0.3) is 5.91 Å². The number of carbonyl (C=O) groups excluding carboxylic acids is 1. The normalized spacial score (nSPS) is 11.0. The summed E-state index contributed by atoms with van der Waals surface area (Å²) < 4.78 is 11.9. The summed E-state index contributed by atoms with van der Waals surface area (Å²) >= 11 is 0. The molecule has 4 aromatic rings. The first kappa shape index (κ1) is 15.9. The number of benzene rings is 1. The molecule has 1 N–H and O–H groups in total. The fraction of sp³-hybridized carbons (Fsp3) is 0.105. The number of anilines is 1. The number of carbonyl (C=O) groups is 1. The van der Waals surface area contributed by atoms with Gasteiger partial charge in [-0.15, -0.1) is 0 Å². The second-order valence-corrected chi connectivity index (χ2v) is 5.87.